The summed E-state index contributed by atoms with van der Waals surface area (Å²) < 4.78 is 13.5. The highest BCUT2D eigenvalue weighted by Crippen LogP contribution is 2.39. The van der Waals surface area contributed by atoms with Crippen LogP contribution in [0, 0.1) is 23.1 Å². The minimum absolute atomic E-state index is 0.00569. The summed E-state index contributed by atoms with van der Waals surface area (Å²) in [4.78, 5) is 12.0. The van der Waals surface area contributed by atoms with Crippen molar-refractivity contribution in [1.82, 2.24) is 10.6 Å². The van der Waals surface area contributed by atoms with E-state index in [1.54, 1.807) is 13.8 Å². The van der Waals surface area contributed by atoms with Gasteiger partial charge in [0.25, 0.3) is 0 Å². The van der Waals surface area contributed by atoms with Crippen LogP contribution in [0.25, 0.3) is 0 Å². The van der Waals surface area contributed by atoms with Crippen molar-refractivity contribution in [2.75, 3.05) is 6.54 Å². The normalized spacial score (nSPS) is 17.9. The summed E-state index contributed by atoms with van der Waals surface area (Å²) in [6.07, 6.45) is 1.90. The van der Waals surface area contributed by atoms with Crippen LogP contribution in [-0.4, -0.2) is 18.0 Å². The molecule has 1 aromatic carbocycles. The van der Waals surface area contributed by atoms with Crippen molar-refractivity contribution in [3.8, 4) is 6.07 Å². The van der Waals surface area contributed by atoms with Crippen LogP contribution in [0.2, 0.25) is 10.0 Å². The molecule has 0 aromatic heterocycles. The van der Waals surface area contributed by atoms with Gasteiger partial charge in [-0.1, -0.05) is 23.2 Å². The van der Waals surface area contributed by atoms with Crippen LogP contribution in [0.4, 0.5) is 4.39 Å². The van der Waals surface area contributed by atoms with Crippen LogP contribution in [0.3, 0.4) is 0 Å². The van der Waals surface area contributed by atoms with E-state index in [2.05, 4.69) is 16.7 Å². The number of carbonyl (C=O) groups excluding carboxylic acids is 1. The Morgan fingerprint density at radius 3 is 2.70 bits per heavy atom. The lowest BCUT2D eigenvalue weighted by molar-refractivity contribution is -0.121. The first-order valence-corrected chi connectivity index (χ1v) is 8.12. The molecule has 0 saturated heterocycles. The molecule has 7 heteroatoms. The molecule has 1 aromatic rings. The molecule has 4 nitrogen and oxygen atoms in total. The highest BCUT2D eigenvalue weighted by Gasteiger charge is 2.42. The third-order valence-corrected chi connectivity index (χ3v) is 4.72. The molecule has 0 spiro atoms. The maximum absolute atomic E-state index is 13.5. The molecular weight excluding hydrogens is 340 g/mol. The van der Waals surface area contributed by atoms with Gasteiger partial charge in [0.05, 0.1) is 17.6 Å². The van der Waals surface area contributed by atoms with E-state index in [4.69, 9.17) is 23.2 Å². The molecule has 0 heterocycles. The second-order valence-electron chi connectivity index (χ2n) is 6.03. The maximum Gasteiger partial charge on any atom is 0.235 e. The van der Waals surface area contributed by atoms with Gasteiger partial charge in [0, 0.05) is 11.1 Å². The van der Waals surface area contributed by atoms with E-state index in [0.29, 0.717) is 10.6 Å². The molecule has 1 aliphatic rings. The molecule has 1 amide bonds. The van der Waals surface area contributed by atoms with E-state index in [-0.39, 0.29) is 29.4 Å². The monoisotopic (exact) mass is 357 g/mol. The van der Waals surface area contributed by atoms with E-state index in [0.717, 1.165) is 12.8 Å². The third kappa shape index (κ3) is 4.35. The Morgan fingerprint density at radius 2 is 2.13 bits per heavy atom. The number of hydrogen-bond acceptors (Lipinski definition) is 3. The minimum atomic E-state index is -0.827. The zero-order chi connectivity index (χ0) is 17.2. The number of nitrogens with one attached hydrogen (secondary N) is 2. The summed E-state index contributed by atoms with van der Waals surface area (Å²) in [7, 11) is 0. The number of amides is 1. The first kappa shape index (κ1) is 18.0. The average molecular weight is 358 g/mol. The Hall–Kier alpha value is -1.35. The Labute approximate surface area is 145 Å². The molecule has 0 unspecified atom stereocenters. The van der Waals surface area contributed by atoms with Gasteiger partial charge >= 0.3 is 0 Å². The SMILES string of the molecule is C[C@H](NCC(=O)N[C@@](C)(C#N)C1CC1)c1cc(F)c(Cl)cc1Cl. The van der Waals surface area contributed by atoms with Crippen LogP contribution >= 0.6 is 23.2 Å². The van der Waals surface area contributed by atoms with Gasteiger partial charge in [0.2, 0.25) is 5.91 Å². The molecule has 1 aliphatic carbocycles. The van der Waals surface area contributed by atoms with Crippen LogP contribution in [0.5, 0.6) is 0 Å². The van der Waals surface area contributed by atoms with Crippen molar-refractivity contribution in [3.63, 3.8) is 0 Å². The number of hydrogen-bond donors (Lipinski definition) is 2. The van der Waals surface area contributed by atoms with Gasteiger partial charge in [-0.2, -0.15) is 5.26 Å². The second-order valence-corrected chi connectivity index (χ2v) is 6.84. The van der Waals surface area contributed by atoms with Crippen LogP contribution in [0.15, 0.2) is 12.1 Å². The molecule has 23 heavy (non-hydrogen) atoms. The lowest BCUT2D eigenvalue weighted by Gasteiger charge is -2.24. The summed E-state index contributed by atoms with van der Waals surface area (Å²) >= 11 is 11.7. The summed E-state index contributed by atoms with van der Waals surface area (Å²) in [5.74, 6) is -0.623. The Balaban J connectivity index is 1.94. The van der Waals surface area contributed by atoms with E-state index < -0.39 is 11.4 Å². The van der Waals surface area contributed by atoms with Crippen molar-refractivity contribution >= 4 is 29.1 Å². The molecule has 2 N–H and O–H groups in total. The predicted molar refractivity (Wildman–Crippen MR) is 87.7 cm³/mol. The van der Waals surface area contributed by atoms with Gasteiger partial charge in [0.1, 0.15) is 11.4 Å². The molecule has 0 bridgehead atoms. The fraction of sp³-hybridized carbons (Fsp3) is 0.500. The summed E-state index contributed by atoms with van der Waals surface area (Å²) in [6, 6.07) is 4.42. The molecule has 1 fully saturated rings. The van der Waals surface area contributed by atoms with Crippen molar-refractivity contribution in [2.45, 2.75) is 38.3 Å². The van der Waals surface area contributed by atoms with E-state index in [9.17, 15) is 14.4 Å². The maximum atomic E-state index is 13.5. The van der Waals surface area contributed by atoms with Crippen molar-refractivity contribution in [2.24, 2.45) is 5.92 Å². The lowest BCUT2D eigenvalue weighted by Crippen LogP contribution is -2.49. The molecule has 124 valence electrons. The lowest BCUT2D eigenvalue weighted by atomic mass is 9.98. The molecule has 0 radical (unpaired) electrons. The van der Waals surface area contributed by atoms with E-state index in [1.807, 2.05) is 0 Å². The van der Waals surface area contributed by atoms with Crippen molar-refractivity contribution < 1.29 is 9.18 Å². The summed E-state index contributed by atoms with van der Waals surface area (Å²) in [5.41, 5.74) is -0.307. The number of rotatable bonds is 6. The van der Waals surface area contributed by atoms with Gasteiger partial charge in [-0.15, -0.1) is 0 Å². The Kier molecular flexibility index (Phi) is 5.51. The number of nitriles is 1. The van der Waals surface area contributed by atoms with Gasteiger partial charge in [-0.3, -0.25) is 4.79 Å². The Bertz CT molecular complexity index is 657. The molecular formula is C16H18Cl2FN3O. The van der Waals surface area contributed by atoms with Gasteiger partial charge < -0.3 is 10.6 Å². The third-order valence-electron chi connectivity index (χ3n) is 4.10. The molecule has 1 saturated carbocycles. The predicted octanol–water partition coefficient (Wildman–Crippen LogP) is 3.59. The largest absolute Gasteiger partial charge is 0.337 e. The standard InChI is InChI=1S/C16H18Cl2FN3O/c1-9(11-5-14(19)13(18)6-12(11)17)21-7-15(23)22-16(2,8-20)10-3-4-10/h5-6,9-10,21H,3-4,7H2,1-2H3,(H,22,23)/t9-,16-/m0/s1. The first-order chi connectivity index (χ1) is 10.8. The average Bonchev–Trinajstić information content (AvgIpc) is 3.33. The topological polar surface area (TPSA) is 64.9 Å². The zero-order valence-electron chi connectivity index (χ0n) is 12.9. The fourth-order valence-corrected chi connectivity index (χ4v) is 2.99. The van der Waals surface area contributed by atoms with Crippen LogP contribution in [0.1, 0.15) is 38.3 Å². The van der Waals surface area contributed by atoms with Crippen LogP contribution in [-0.2, 0) is 4.79 Å². The van der Waals surface area contributed by atoms with Crippen molar-refractivity contribution in [3.05, 3.63) is 33.6 Å². The minimum Gasteiger partial charge on any atom is -0.337 e. The van der Waals surface area contributed by atoms with E-state index in [1.165, 1.54) is 12.1 Å². The number of benzene rings is 1. The second kappa shape index (κ2) is 7.04. The van der Waals surface area contributed by atoms with E-state index >= 15 is 0 Å². The Morgan fingerprint density at radius 1 is 1.48 bits per heavy atom. The number of carbonyl (C=O) groups is 1. The first-order valence-electron chi connectivity index (χ1n) is 7.37. The van der Waals surface area contributed by atoms with Gasteiger partial charge in [0.15, 0.2) is 0 Å². The molecule has 2 atom stereocenters. The highest BCUT2D eigenvalue weighted by atomic mass is 35.5. The molecule has 2 rings (SSSR count). The number of nitrogens with zero attached hydrogens (tertiary/aromatic N) is 1. The fourth-order valence-electron chi connectivity index (χ4n) is 2.44. The zero-order valence-corrected chi connectivity index (χ0v) is 14.4. The van der Waals surface area contributed by atoms with Gasteiger partial charge in [-0.25, -0.2) is 4.39 Å². The van der Waals surface area contributed by atoms with Gasteiger partial charge in [-0.05, 0) is 50.3 Å². The highest BCUT2D eigenvalue weighted by molar-refractivity contribution is 6.35. The quantitative estimate of drug-likeness (QED) is 0.764. The number of halogens is 3. The van der Waals surface area contributed by atoms with Crippen molar-refractivity contribution in [1.29, 1.82) is 5.26 Å². The summed E-state index contributed by atoms with van der Waals surface area (Å²) in [5, 5.41) is 15.3. The molecule has 0 aliphatic heterocycles. The smallest absolute Gasteiger partial charge is 0.235 e. The summed E-state index contributed by atoms with van der Waals surface area (Å²) in [6.45, 7) is 3.51. The van der Waals surface area contributed by atoms with Crippen LogP contribution < -0.4 is 10.6 Å².